The molecule has 0 aromatic carbocycles. The van der Waals surface area contributed by atoms with Gasteiger partial charge in [0.2, 0.25) is 11.9 Å². The van der Waals surface area contributed by atoms with Crippen LogP contribution in [0.5, 0.6) is 6.01 Å². The third-order valence-corrected chi connectivity index (χ3v) is 2.48. The summed E-state index contributed by atoms with van der Waals surface area (Å²) in [6.45, 7) is 4.09. The fourth-order valence-electron chi connectivity index (χ4n) is 1.49. The van der Waals surface area contributed by atoms with Crippen LogP contribution >= 0.6 is 0 Å². The van der Waals surface area contributed by atoms with Crippen LogP contribution in [0.3, 0.4) is 0 Å². The molecule has 0 unspecified atom stereocenters. The number of nitrogens with one attached hydrogen (secondary N) is 1. The number of methoxy groups -OCH3 is 1. The monoisotopic (exact) mass is 285 g/mol. The van der Waals surface area contributed by atoms with Crippen molar-refractivity contribution in [2.45, 2.75) is 13.3 Å². The molecule has 0 aliphatic carbocycles. The number of aromatic nitrogens is 3. The van der Waals surface area contributed by atoms with Gasteiger partial charge in [0.25, 0.3) is 0 Å². The molecule has 8 nitrogen and oxygen atoms in total. The molecule has 1 aromatic heterocycles. The molecule has 0 amide bonds. The van der Waals surface area contributed by atoms with E-state index in [2.05, 4.69) is 20.3 Å². The van der Waals surface area contributed by atoms with Crippen LogP contribution in [-0.2, 0) is 4.74 Å². The summed E-state index contributed by atoms with van der Waals surface area (Å²) in [5, 5.41) is 12.0. The van der Waals surface area contributed by atoms with Crippen molar-refractivity contribution in [3.05, 3.63) is 0 Å². The average Bonchev–Trinajstić information content (AvgIpc) is 2.49. The van der Waals surface area contributed by atoms with Crippen LogP contribution in [0.4, 0.5) is 11.9 Å². The highest BCUT2D eigenvalue weighted by Gasteiger charge is 2.13. The minimum Gasteiger partial charge on any atom is -0.463 e. The van der Waals surface area contributed by atoms with Gasteiger partial charge < -0.3 is 24.8 Å². The van der Waals surface area contributed by atoms with Crippen molar-refractivity contribution >= 4 is 11.9 Å². The van der Waals surface area contributed by atoms with Gasteiger partial charge >= 0.3 is 6.01 Å². The fraction of sp³-hybridized carbons (Fsp3) is 0.750. The summed E-state index contributed by atoms with van der Waals surface area (Å²) in [5.41, 5.74) is 0. The Morgan fingerprint density at radius 3 is 2.60 bits per heavy atom. The van der Waals surface area contributed by atoms with Crippen LogP contribution in [0.15, 0.2) is 0 Å². The molecule has 0 aliphatic rings. The molecule has 1 heterocycles. The molecule has 114 valence electrons. The zero-order valence-electron chi connectivity index (χ0n) is 12.3. The number of aliphatic hydroxyl groups is 1. The summed E-state index contributed by atoms with van der Waals surface area (Å²) < 4.78 is 10.5. The number of rotatable bonds is 10. The van der Waals surface area contributed by atoms with E-state index < -0.39 is 0 Å². The summed E-state index contributed by atoms with van der Waals surface area (Å²) in [6.07, 6.45) is 0.875. The Balaban J connectivity index is 2.92. The standard InChI is InChI=1S/C12H23N5O3/c1-4-8-20-12-15-10(13-2)14-11(16-12)17(5-7-18)6-9-19-3/h18H,4-9H2,1-3H3,(H,13,14,15,16). The Morgan fingerprint density at radius 1 is 1.20 bits per heavy atom. The first kappa shape index (κ1) is 16.4. The van der Waals surface area contributed by atoms with Gasteiger partial charge in [-0.05, 0) is 6.42 Å². The predicted octanol–water partition coefficient (Wildman–Crippen LogP) is 0.147. The van der Waals surface area contributed by atoms with Crippen LogP contribution in [0, 0.1) is 0 Å². The number of anilines is 2. The van der Waals surface area contributed by atoms with Crippen LogP contribution in [-0.4, -0.2) is 67.1 Å². The van der Waals surface area contributed by atoms with E-state index in [9.17, 15) is 0 Å². The van der Waals surface area contributed by atoms with E-state index in [0.717, 1.165) is 6.42 Å². The van der Waals surface area contributed by atoms with Crippen molar-refractivity contribution in [1.29, 1.82) is 0 Å². The minimum atomic E-state index is 0.00936. The Kier molecular flexibility index (Phi) is 7.59. The first-order chi connectivity index (χ1) is 9.74. The van der Waals surface area contributed by atoms with E-state index in [1.165, 1.54) is 0 Å². The number of hydrogen-bond donors (Lipinski definition) is 2. The SMILES string of the molecule is CCCOc1nc(NC)nc(N(CCO)CCOC)n1. The van der Waals surface area contributed by atoms with Crippen molar-refractivity contribution in [1.82, 2.24) is 15.0 Å². The molecule has 0 bridgehead atoms. The normalized spacial score (nSPS) is 10.4. The maximum Gasteiger partial charge on any atom is 0.323 e. The highest BCUT2D eigenvalue weighted by molar-refractivity contribution is 5.38. The van der Waals surface area contributed by atoms with Crippen LogP contribution < -0.4 is 15.0 Å². The molecule has 1 aromatic rings. The van der Waals surface area contributed by atoms with Crippen molar-refractivity contribution in [3.63, 3.8) is 0 Å². The summed E-state index contributed by atoms with van der Waals surface area (Å²) >= 11 is 0. The highest BCUT2D eigenvalue weighted by atomic mass is 16.5. The third kappa shape index (κ3) is 5.14. The number of ether oxygens (including phenoxy) is 2. The van der Waals surface area contributed by atoms with Gasteiger partial charge in [-0.25, -0.2) is 0 Å². The van der Waals surface area contributed by atoms with Crippen molar-refractivity contribution in [2.24, 2.45) is 0 Å². The second-order valence-electron chi connectivity index (χ2n) is 4.04. The maximum atomic E-state index is 9.13. The average molecular weight is 285 g/mol. The van der Waals surface area contributed by atoms with Gasteiger partial charge in [0.15, 0.2) is 0 Å². The first-order valence-corrected chi connectivity index (χ1v) is 6.66. The highest BCUT2D eigenvalue weighted by Crippen LogP contribution is 2.14. The zero-order chi connectivity index (χ0) is 14.8. The third-order valence-electron chi connectivity index (χ3n) is 2.48. The summed E-state index contributed by atoms with van der Waals surface area (Å²) in [4.78, 5) is 14.5. The molecule has 8 heteroatoms. The molecule has 0 radical (unpaired) electrons. The Morgan fingerprint density at radius 2 is 2.00 bits per heavy atom. The van der Waals surface area contributed by atoms with Gasteiger partial charge in [0, 0.05) is 27.2 Å². The quantitative estimate of drug-likeness (QED) is 0.627. The molecule has 20 heavy (non-hydrogen) atoms. The van der Waals surface area contributed by atoms with Gasteiger partial charge in [-0.15, -0.1) is 0 Å². The summed E-state index contributed by atoms with van der Waals surface area (Å²) in [5.74, 6) is 0.892. The molecule has 0 spiro atoms. The molecule has 1 rings (SSSR count). The second kappa shape index (κ2) is 9.27. The Labute approximate surface area is 119 Å². The number of nitrogens with zero attached hydrogens (tertiary/aromatic N) is 4. The van der Waals surface area contributed by atoms with E-state index in [1.54, 1.807) is 14.2 Å². The van der Waals surface area contributed by atoms with Gasteiger partial charge in [-0.3, -0.25) is 0 Å². The van der Waals surface area contributed by atoms with Crippen molar-refractivity contribution < 1.29 is 14.6 Å². The lowest BCUT2D eigenvalue weighted by atomic mass is 10.5. The van der Waals surface area contributed by atoms with Gasteiger partial charge in [0.05, 0.1) is 19.8 Å². The van der Waals surface area contributed by atoms with E-state index in [-0.39, 0.29) is 12.6 Å². The van der Waals surface area contributed by atoms with E-state index in [0.29, 0.717) is 38.2 Å². The summed E-state index contributed by atoms with van der Waals surface area (Å²) in [6, 6.07) is 0.279. The van der Waals surface area contributed by atoms with E-state index in [1.807, 2.05) is 11.8 Å². The van der Waals surface area contributed by atoms with Gasteiger partial charge in [-0.1, -0.05) is 6.92 Å². The summed E-state index contributed by atoms with van der Waals surface area (Å²) in [7, 11) is 3.35. The zero-order valence-corrected chi connectivity index (χ0v) is 12.3. The van der Waals surface area contributed by atoms with Crippen LogP contribution in [0.25, 0.3) is 0 Å². The van der Waals surface area contributed by atoms with Gasteiger partial charge in [-0.2, -0.15) is 15.0 Å². The molecule has 0 atom stereocenters. The molecule has 0 saturated heterocycles. The lowest BCUT2D eigenvalue weighted by Gasteiger charge is -2.21. The minimum absolute atomic E-state index is 0.00936. The molecule has 0 fully saturated rings. The smallest absolute Gasteiger partial charge is 0.323 e. The largest absolute Gasteiger partial charge is 0.463 e. The van der Waals surface area contributed by atoms with Crippen molar-refractivity contribution in [3.8, 4) is 6.01 Å². The number of aliphatic hydroxyl groups excluding tert-OH is 1. The van der Waals surface area contributed by atoms with E-state index in [4.69, 9.17) is 14.6 Å². The first-order valence-electron chi connectivity index (χ1n) is 6.66. The fourth-order valence-corrected chi connectivity index (χ4v) is 1.49. The Hall–Kier alpha value is -1.67. The molecule has 0 saturated carbocycles. The lowest BCUT2D eigenvalue weighted by molar-refractivity contribution is 0.202. The number of hydrogen-bond acceptors (Lipinski definition) is 8. The molecule has 2 N–H and O–H groups in total. The molecular weight excluding hydrogens is 262 g/mol. The Bertz CT molecular complexity index is 391. The topological polar surface area (TPSA) is 92.6 Å². The second-order valence-corrected chi connectivity index (χ2v) is 4.04. The van der Waals surface area contributed by atoms with Gasteiger partial charge in [0.1, 0.15) is 0 Å². The van der Waals surface area contributed by atoms with Crippen LogP contribution in [0.2, 0.25) is 0 Å². The maximum absolute atomic E-state index is 9.13. The van der Waals surface area contributed by atoms with Crippen LogP contribution in [0.1, 0.15) is 13.3 Å². The lowest BCUT2D eigenvalue weighted by Crippen LogP contribution is -2.32. The van der Waals surface area contributed by atoms with Crippen molar-refractivity contribution in [2.75, 3.05) is 57.3 Å². The molecular formula is C12H23N5O3. The molecule has 0 aliphatic heterocycles. The van der Waals surface area contributed by atoms with E-state index >= 15 is 0 Å². The predicted molar refractivity (Wildman–Crippen MR) is 76.3 cm³/mol.